The third kappa shape index (κ3) is 3.84. The largest absolute Gasteiger partial charge is 0.396 e. The third-order valence-electron chi connectivity index (χ3n) is 5.01. The molecule has 1 saturated heterocycles. The number of anilines is 1. The first kappa shape index (κ1) is 18.8. The molecule has 1 aliphatic rings. The van der Waals surface area contributed by atoms with Crippen molar-refractivity contribution in [2.45, 2.75) is 12.8 Å². The van der Waals surface area contributed by atoms with Gasteiger partial charge >= 0.3 is 0 Å². The molecule has 4 rings (SSSR count). The number of pyridine rings is 1. The molecule has 1 fully saturated rings. The smallest absolute Gasteiger partial charge is 0.147 e. The number of benzene rings is 1. The molecule has 0 amide bonds. The van der Waals surface area contributed by atoms with Crippen molar-refractivity contribution in [3.63, 3.8) is 0 Å². The Bertz CT molecular complexity index is 967. The maximum absolute atomic E-state index is 13.4. The zero-order chi connectivity index (χ0) is 19.5. The summed E-state index contributed by atoms with van der Waals surface area (Å²) in [5, 5.41) is 10.00. The predicted molar refractivity (Wildman–Crippen MR) is 108 cm³/mol. The van der Waals surface area contributed by atoms with Crippen molar-refractivity contribution in [1.29, 1.82) is 0 Å². The topological polar surface area (TPSA) is 62.1 Å². The fraction of sp³-hybridized carbons (Fsp3) is 0.286. The van der Waals surface area contributed by atoms with Crippen LogP contribution in [0.15, 0.2) is 48.9 Å². The van der Waals surface area contributed by atoms with E-state index in [1.54, 1.807) is 36.8 Å². The Hall–Kier alpha value is -2.57. The van der Waals surface area contributed by atoms with E-state index >= 15 is 0 Å². The van der Waals surface area contributed by atoms with Gasteiger partial charge in [0.15, 0.2) is 0 Å². The van der Waals surface area contributed by atoms with Crippen molar-refractivity contribution in [2.24, 2.45) is 5.92 Å². The second-order valence-electron chi connectivity index (χ2n) is 6.92. The van der Waals surface area contributed by atoms with Crippen LogP contribution in [0.25, 0.3) is 22.5 Å². The molecule has 0 bridgehead atoms. The van der Waals surface area contributed by atoms with Crippen LogP contribution in [0.2, 0.25) is 5.02 Å². The fourth-order valence-electron chi connectivity index (χ4n) is 3.53. The normalized spacial score (nSPS) is 17.0. The predicted octanol–water partition coefficient (Wildman–Crippen LogP) is 4.21. The van der Waals surface area contributed by atoms with E-state index in [1.165, 1.54) is 12.1 Å². The van der Waals surface area contributed by atoms with Crippen LogP contribution < -0.4 is 4.90 Å². The van der Waals surface area contributed by atoms with E-state index in [0.717, 1.165) is 42.9 Å². The van der Waals surface area contributed by atoms with E-state index in [0.29, 0.717) is 16.4 Å². The second-order valence-corrected chi connectivity index (χ2v) is 7.33. The van der Waals surface area contributed by atoms with Gasteiger partial charge in [0.05, 0.1) is 16.9 Å². The van der Waals surface area contributed by atoms with Crippen LogP contribution >= 0.6 is 11.6 Å². The molecule has 1 atom stereocenters. The lowest BCUT2D eigenvalue weighted by molar-refractivity contribution is 0.208. The molecule has 0 aliphatic carbocycles. The molecule has 0 spiro atoms. The van der Waals surface area contributed by atoms with Gasteiger partial charge in [0.1, 0.15) is 17.3 Å². The number of nitrogens with zero attached hydrogens (tertiary/aromatic N) is 4. The van der Waals surface area contributed by atoms with Gasteiger partial charge in [-0.05, 0) is 49.1 Å². The maximum Gasteiger partial charge on any atom is 0.147 e. The number of rotatable bonds is 4. The average Bonchev–Trinajstić information content (AvgIpc) is 2.74. The van der Waals surface area contributed by atoms with Crippen molar-refractivity contribution in [3.05, 3.63) is 59.8 Å². The number of aliphatic hydroxyl groups is 1. The second kappa shape index (κ2) is 8.20. The van der Waals surface area contributed by atoms with Gasteiger partial charge in [-0.2, -0.15) is 0 Å². The van der Waals surface area contributed by atoms with E-state index in [-0.39, 0.29) is 18.3 Å². The molecule has 1 unspecified atom stereocenters. The Labute approximate surface area is 167 Å². The highest BCUT2D eigenvalue weighted by molar-refractivity contribution is 6.33. The molecule has 7 heteroatoms. The lowest BCUT2D eigenvalue weighted by Gasteiger charge is -2.32. The highest BCUT2D eigenvalue weighted by Gasteiger charge is 2.22. The molecule has 144 valence electrons. The Balaban J connectivity index is 1.81. The van der Waals surface area contributed by atoms with E-state index in [2.05, 4.69) is 14.9 Å². The molecular weight excluding hydrogens is 379 g/mol. The van der Waals surface area contributed by atoms with Crippen molar-refractivity contribution >= 4 is 17.4 Å². The zero-order valence-electron chi connectivity index (χ0n) is 15.2. The molecule has 5 nitrogen and oxygen atoms in total. The minimum atomic E-state index is -0.305. The molecule has 1 aromatic carbocycles. The minimum absolute atomic E-state index is 0.167. The summed E-state index contributed by atoms with van der Waals surface area (Å²) < 4.78 is 13.4. The van der Waals surface area contributed by atoms with Gasteiger partial charge < -0.3 is 10.0 Å². The van der Waals surface area contributed by atoms with E-state index in [9.17, 15) is 9.50 Å². The average molecular weight is 399 g/mol. The summed E-state index contributed by atoms with van der Waals surface area (Å²) in [7, 11) is 0. The first-order valence-corrected chi connectivity index (χ1v) is 9.62. The van der Waals surface area contributed by atoms with Crippen LogP contribution in [0.1, 0.15) is 12.8 Å². The third-order valence-corrected chi connectivity index (χ3v) is 5.31. The van der Waals surface area contributed by atoms with Gasteiger partial charge in [-0.15, -0.1) is 0 Å². The maximum atomic E-state index is 13.4. The Morgan fingerprint density at radius 1 is 1.14 bits per heavy atom. The van der Waals surface area contributed by atoms with E-state index in [1.807, 2.05) is 0 Å². The molecule has 3 aromatic rings. The van der Waals surface area contributed by atoms with Crippen molar-refractivity contribution in [2.75, 3.05) is 24.6 Å². The number of aromatic nitrogens is 3. The molecule has 1 N–H and O–H groups in total. The summed E-state index contributed by atoms with van der Waals surface area (Å²) in [4.78, 5) is 15.7. The molecule has 2 aromatic heterocycles. The van der Waals surface area contributed by atoms with Gasteiger partial charge in [-0.1, -0.05) is 11.6 Å². The molecule has 0 radical (unpaired) electrons. The summed E-state index contributed by atoms with van der Waals surface area (Å²) >= 11 is 6.39. The van der Waals surface area contributed by atoms with Crippen LogP contribution in [-0.2, 0) is 0 Å². The number of hydrogen-bond donors (Lipinski definition) is 1. The van der Waals surface area contributed by atoms with E-state index in [4.69, 9.17) is 16.6 Å². The highest BCUT2D eigenvalue weighted by atomic mass is 35.5. The number of halogens is 2. The highest BCUT2D eigenvalue weighted by Crippen LogP contribution is 2.34. The lowest BCUT2D eigenvalue weighted by atomic mass is 9.99. The number of hydrogen-bond acceptors (Lipinski definition) is 5. The van der Waals surface area contributed by atoms with Gasteiger partial charge in [0.25, 0.3) is 0 Å². The first-order valence-electron chi connectivity index (χ1n) is 9.24. The van der Waals surface area contributed by atoms with Gasteiger partial charge in [0, 0.05) is 43.2 Å². The van der Waals surface area contributed by atoms with E-state index < -0.39 is 0 Å². The van der Waals surface area contributed by atoms with Crippen LogP contribution in [0.5, 0.6) is 0 Å². The molecule has 0 saturated carbocycles. The SMILES string of the molecule is OCC1CCCN(c2cnc(-c3ccc(F)cc3)c(-c3ccncc3Cl)n2)C1. The monoisotopic (exact) mass is 398 g/mol. The fourth-order valence-corrected chi connectivity index (χ4v) is 3.74. The van der Waals surface area contributed by atoms with Crippen LogP contribution in [-0.4, -0.2) is 39.8 Å². The Morgan fingerprint density at radius 3 is 2.71 bits per heavy atom. The summed E-state index contributed by atoms with van der Waals surface area (Å²) in [6.45, 7) is 1.77. The Kier molecular flexibility index (Phi) is 5.50. The quantitative estimate of drug-likeness (QED) is 0.713. The zero-order valence-corrected chi connectivity index (χ0v) is 16.0. The first-order chi connectivity index (χ1) is 13.7. The summed E-state index contributed by atoms with van der Waals surface area (Å²) in [6, 6.07) is 7.97. The summed E-state index contributed by atoms with van der Waals surface area (Å²) in [5.74, 6) is 0.673. The summed E-state index contributed by atoms with van der Waals surface area (Å²) in [5.41, 5.74) is 2.74. The molecular formula is C21H20ClFN4O. The van der Waals surface area contributed by atoms with Crippen LogP contribution in [0, 0.1) is 11.7 Å². The number of aliphatic hydroxyl groups excluding tert-OH is 1. The van der Waals surface area contributed by atoms with Crippen molar-refractivity contribution in [3.8, 4) is 22.5 Å². The van der Waals surface area contributed by atoms with Crippen molar-refractivity contribution in [1.82, 2.24) is 15.0 Å². The lowest BCUT2D eigenvalue weighted by Crippen LogP contribution is -2.37. The minimum Gasteiger partial charge on any atom is -0.396 e. The van der Waals surface area contributed by atoms with Crippen LogP contribution in [0.4, 0.5) is 10.2 Å². The molecule has 28 heavy (non-hydrogen) atoms. The van der Waals surface area contributed by atoms with Gasteiger partial charge in [0.2, 0.25) is 0 Å². The van der Waals surface area contributed by atoms with Crippen LogP contribution in [0.3, 0.4) is 0 Å². The Morgan fingerprint density at radius 2 is 1.96 bits per heavy atom. The number of piperidine rings is 1. The standard InChI is InChI=1S/C21H20ClFN4O/c22-18-10-24-8-7-17(18)21-20(15-3-5-16(23)6-4-15)25-11-19(26-21)27-9-1-2-14(12-27)13-28/h3-8,10-11,14,28H,1-2,9,12-13H2. The van der Waals surface area contributed by atoms with Gasteiger partial charge in [-0.3, -0.25) is 9.97 Å². The van der Waals surface area contributed by atoms with Crippen molar-refractivity contribution < 1.29 is 9.50 Å². The molecule has 1 aliphatic heterocycles. The van der Waals surface area contributed by atoms with Gasteiger partial charge in [-0.25, -0.2) is 9.37 Å². The summed E-state index contributed by atoms with van der Waals surface area (Å²) in [6.07, 6.45) is 6.97. The molecule has 3 heterocycles.